The molecule has 1 heterocycles. The summed E-state index contributed by atoms with van der Waals surface area (Å²) in [6.07, 6.45) is 0. The monoisotopic (exact) mass is 229 g/mol. The number of thiophene rings is 1. The van der Waals surface area contributed by atoms with Crippen LogP contribution >= 0.6 is 35.6 Å². The van der Waals surface area contributed by atoms with Gasteiger partial charge < -0.3 is 5.73 Å². The fraction of sp³-hybridized carbons (Fsp3) is 0.111. The van der Waals surface area contributed by atoms with Crippen molar-refractivity contribution in [3.63, 3.8) is 0 Å². The van der Waals surface area contributed by atoms with Crippen molar-refractivity contribution in [1.82, 2.24) is 0 Å². The Hall–Kier alpha value is -0.380. The first kappa shape index (κ1) is 9.19. The van der Waals surface area contributed by atoms with Gasteiger partial charge in [0.05, 0.1) is 5.69 Å². The number of halogens is 1. The van der Waals surface area contributed by atoms with Gasteiger partial charge in [-0.3, -0.25) is 0 Å². The van der Waals surface area contributed by atoms with E-state index in [4.69, 9.17) is 17.3 Å². The lowest BCUT2D eigenvalue weighted by atomic mass is 10.1. The number of nitrogens with two attached hydrogens (primary N) is 1. The molecule has 1 aromatic carbocycles. The molecular formula is C9H8ClNS2. The molecule has 0 saturated heterocycles. The van der Waals surface area contributed by atoms with Crippen molar-refractivity contribution in [2.24, 2.45) is 0 Å². The number of nitrogen functional groups attached to an aromatic ring is 1. The Morgan fingerprint density at radius 3 is 2.92 bits per heavy atom. The highest BCUT2D eigenvalue weighted by molar-refractivity contribution is 7.80. The van der Waals surface area contributed by atoms with Crippen LogP contribution in [0.4, 0.5) is 5.69 Å². The second-order valence-corrected chi connectivity index (χ2v) is 4.43. The Bertz CT molecular complexity index is 450. The van der Waals surface area contributed by atoms with Crippen LogP contribution in [0.1, 0.15) is 5.56 Å². The van der Waals surface area contributed by atoms with Gasteiger partial charge in [-0.1, -0.05) is 0 Å². The molecule has 0 aliphatic rings. The minimum atomic E-state index is 0.501. The number of hydrogen-bond donors (Lipinski definition) is 2. The second-order valence-electron chi connectivity index (χ2n) is 2.77. The Balaban J connectivity index is 2.85. The molecule has 0 atom stereocenters. The van der Waals surface area contributed by atoms with Crippen molar-refractivity contribution in [1.29, 1.82) is 0 Å². The van der Waals surface area contributed by atoms with E-state index < -0.39 is 0 Å². The molecule has 2 aromatic rings. The van der Waals surface area contributed by atoms with Crippen molar-refractivity contribution >= 4 is 51.3 Å². The lowest BCUT2D eigenvalue weighted by Gasteiger charge is -2.01. The standard InChI is InChI=1S/C9H8ClNS2/c10-3-5-4-13-7-2-1-6(12)9(11)8(5)7/h1-2,4,12H,3,11H2. The number of anilines is 1. The lowest BCUT2D eigenvalue weighted by molar-refractivity contribution is 1.46. The van der Waals surface area contributed by atoms with Crippen LogP contribution in [-0.4, -0.2) is 0 Å². The van der Waals surface area contributed by atoms with E-state index in [9.17, 15) is 0 Å². The molecule has 2 N–H and O–H groups in total. The topological polar surface area (TPSA) is 26.0 Å². The van der Waals surface area contributed by atoms with Crippen LogP contribution < -0.4 is 5.73 Å². The SMILES string of the molecule is Nc1c(S)ccc2scc(CCl)c12. The van der Waals surface area contributed by atoms with Gasteiger partial charge in [0.2, 0.25) is 0 Å². The molecule has 68 valence electrons. The van der Waals surface area contributed by atoms with E-state index in [2.05, 4.69) is 12.6 Å². The summed E-state index contributed by atoms with van der Waals surface area (Å²) in [5.41, 5.74) is 7.74. The van der Waals surface area contributed by atoms with E-state index in [0.29, 0.717) is 5.88 Å². The molecule has 0 radical (unpaired) electrons. The van der Waals surface area contributed by atoms with Gasteiger partial charge in [-0.15, -0.1) is 35.6 Å². The molecule has 0 saturated carbocycles. The molecule has 2 rings (SSSR count). The molecule has 0 unspecified atom stereocenters. The van der Waals surface area contributed by atoms with Gasteiger partial charge in [-0.05, 0) is 23.1 Å². The number of thiol groups is 1. The molecular weight excluding hydrogens is 222 g/mol. The third-order valence-electron chi connectivity index (χ3n) is 1.98. The first-order chi connectivity index (χ1) is 6.24. The molecule has 0 spiro atoms. The van der Waals surface area contributed by atoms with E-state index in [1.54, 1.807) is 11.3 Å². The molecule has 0 fully saturated rings. The first-order valence-corrected chi connectivity index (χ1v) is 5.63. The number of alkyl halides is 1. The van der Waals surface area contributed by atoms with Crippen LogP contribution in [0.25, 0.3) is 10.1 Å². The van der Waals surface area contributed by atoms with Gasteiger partial charge in [-0.2, -0.15) is 0 Å². The number of benzene rings is 1. The molecule has 0 aliphatic carbocycles. The van der Waals surface area contributed by atoms with Gasteiger partial charge >= 0.3 is 0 Å². The Morgan fingerprint density at radius 1 is 1.46 bits per heavy atom. The minimum Gasteiger partial charge on any atom is -0.397 e. The van der Waals surface area contributed by atoms with Crippen molar-refractivity contribution in [3.05, 3.63) is 23.1 Å². The van der Waals surface area contributed by atoms with E-state index in [1.165, 1.54) is 4.70 Å². The number of rotatable bonds is 1. The zero-order valence-electron chi connectivity index (χ0n) is 6.75. The highest BCUT2D eigenvalue weighted by atomic mass is 35.5. The minimum absolute atomic E-state index is 0.501. The molecule has 1 aromatic heterocycles. The maximum atomic E-state index is 5.91. The lowest BCUT2D eigenvalue weighted by Crippen LogP contribution is -1.88. The molecule has 0 bridgehead atoms. The van der Waals surface area contributed by atoms with Crippen molar-refractivity contribution in [2.45, 2.75) is 10.8 Å². The zero-order chi connectivity index (χ0) is 9.42. The summed E-state index contributed by atoms with van der Waals surface area (Å²) >= 11 is 11.7. The largest absolute Gasteiger partial charge is 0.397 e. The molecule has 13 heavy (non-hydrogen) atoms. The summed E-state index contributed by atoms with van der Waals surface area (Å²) in [5, 5.41) is 3.11. The van der Waals surface area contributed by atoms with Crippen LogP contribution in [0.15, 0.2) is 22.4 Å². The maximum absolute atomic E-state index is 5.91. The summed E-state index contributed by atoms with van der Waals surface area (Å²) in [6.45, 7) is 0. The predicted octanol–water partition coefficient (Wildman–Crippen LogP) is 3.51. The first-order valence-electron chi connectivity index (χ1n) is 3.77. The third-order valence-corrected chi connectivity index (χ3v) is 3.65. The zero-order valence-corrected chi connectivity index (χ0v) is 9.22. The maximum Gasteiger partial charge on any atom is 0.0541 e. The fourth-order valence-corrected chi connectivity index (χ4v) is 2.77. The van der Waals surface area contributed by atoms with Gasteiger partial charge in [0.1, 0.15) is 0 Å². The van der Waals surface area contributed by atoms with Crippen molar-refractivity contribution in [3.8, 4) is 0 Å². The highest BCUT2D eigenvalue weighted by Crippen LogP contribution is 2.35. The third kappa shape index (κ3) is 1.41. The Morgan fingerprint density at radius 2 is 2.23 bits per heavy atom. The Kier molecular flexibility index (Phi) is 2.41. The van der Waals surface area contributed by atoms with E-state index in [0.717, 1.165) is 21.5 Å². The normalized spacial score (nSPS) is 10.9. The summed E-state index contributed by atoms with van der Waals surface area (Å²) in [4.78, 5) is 0.817. The van der Waals surface area contributed by atoms with Crippen LogP contribution in [0.5, 0.6) is 0 Å². The summed E-state index contributed by atoms with van der Waals surface area (Å²) in [7, 11) is 0. The molecule has 0 amide bonds. The average molecular weight is 230 g/mol. The highest BCUT2D eigenvalue weighted by Gasteiger charge is 2.08. The van der Waals surface area contributed by atoms with Gasteiger partial charge in [0.15, 0.2) is 0 Å². The van der Waals surface area contributed by atoms with Crippen LogP contribution in [-0.2, 0) is 5.88 Å². The summed E-state index contributed by atoms with van der Waals surface area (Å²) in [6, 6.07) is 3.93. The smallest absolute Gasteiger partial charge is 0.0541 e. The number of fused-ring (bicyclic) bond motifs is 1. The van der Waals surface area contributed by atoms with Crippen molar-refractivity contribution in [2.75, 3.05) is 5.73 Å². The molecule has 0 aliphatic heterocycles. The van der Waals surface area contributed by atoms with Crippen LogP contribution in [0.3, 0.4) is 0 Å². The predicted molar refractivity (Wildman–Crippen MR) is 63.0 cm³/mol. The van der Waals surface area contributed by atoms with Gasteiger partial charge in [0, 0.05) is 20.9 Å². The summed E-state index contributed by atoms with van der Waals surface area (Å²) in [5.74, 6) is 0.501. The van der Waals surface area contributed by atoms with Gasteiger partial charge in [-0.25, -0.2) is 0 Å². The summed E-state index contributed by atoms with van der Waals surface area (Å²) < 4.78 is 1.17. The fourth-order valence-electron chi connectivity index (χ4n) is 1.31. The van der Waals surface area contributed by atoms with E-state index in [1.807, 2.05) is 17.5 Å². The van der Waals surface area contributed by atoms with Gasteiger partial charge in [0.25, 0.3) is 0 Å². The van der Waals surface area contributed by atoms with E-state index in [-0.39, 0.29) is 0 Å². The quantitative estimate of drug-likeness (QED) is 0.437. The van der Waals surface area contributed by atoms with Crippen LogP contribution in [0.2, 0.25) is 0 Å². The molecule has 1 nitrogen and oxygen atoms in total. The average Bonchev–Trinajstić information content (AvgIpc) is 2.55. The van der Waals surface area contributed by atoms with E-state index >= 15 is 0 Å². The Labute approximate surface area is 90.9 Å². The molecule has 4 heteroatoms. The number of hydrogen-bond acceptors (Lipinski definition) is 3. The van der Waals surface area contributed by atoms with Crippen LogP contribution in [0, 0.1) is 0 Å². The second kappa shape index (κ2) is 3.40. The van der Waals surface area contributed by atoms with Crippen molar-refractivity contribution < 1.29 is 0 Å².